The maximum absolute atomic E-state index is 9.70. The molecular weight excluding hydrogens is 358 g/mol. The highest BCUT2D eigenvalue weighted by atomic mass is 32.1. The quantitative estimate of drug-likeness (QED) is 0.705. The lowest BCUT2D eigenvalue weighted by molar-refractivity contribution is 0.414. The number of hydrogen-bond acceptors (Lipinski definition) is 6. The minimum atomic E-state index is 0.0260. The molecule has 1 atom stereocenters. The first kappa shape index (κ1) is 17.5. The van der Waals surface area contributed by atoms with Crippen LogP contribution in [0, 0.1) is 13.8 Å². The van der Waals surface area contributed by atoms with Gasteiger partial charge in [-0.3, -0.25) is 0 Å². The molecular formula is C21H21N3O2S. The molecule has 138 valence electrons. The number of anilines is 1. The van der Waals surface area contributed by atoms with Crippen LogP contribution in [0.15, 0.2) is 52.9 Å². The Hall–Kier alpha value is -2.86. The molecule has 0 radical (unpaired) electrons. The Balaban J connectivity index is 1.73. The Morgan fingerprint density at radius 3 is 2.52 bits per heavy atom. The summed E-state index contributed by atoms with van der Waals surface area (Å²) in [6, 6.07) is 14.5. The van der Waals surface area contributed by atoms with Crippen molar-refractivity contribution < 1.29 is 9.84 Å². The van der Waals surface area contributed by atoms with Crippen LogP contribution >= 0.6 is 11.3 Å². The lowest BCUT2D eigenvalue weighted by atomic mass is 9.96. The highest BCUT2D eigenvalue weighted by Gasteiger charge is 2.31. The molecule has 0 saturated heterocycles. The third-order valence-corrected chi connectivity index (χ3v) is 5.74. The van der Waals surface area contributed by atoms with E-state index in [1.54, 1.807) is 12.5 Å². The molecule has 5 nitrogen and oxygen atoms in total. The first-order chi connectivity index (χ1) is 13.0. The van der Waals surface area contributed by atoms with Crippen LogP contribution in [-0.4, -0.2) is 22.9 Å². The fourth-order valence-electron chi connectivity index (χ4n) is 3.23. The van der Waals surface area contributed by atoms with E-state index in [0.717, 1.165) is 29.0 Å². The van der Waals surface area contributed by atoms with Crippen LogP contribution in [-0.2, 0) is 0 Å². The summed E-state index contributed by atoms with van der Waals surface area (Å²) in [6.07, 6.45) is 0.773. The van der Waals surface area contributed by atoms with Gasteiger partial charge >= 0.3 is 0 Å². The van der Waals surface area contributed by atoms with Crippen LogP contribution < -0.4 is 9.75 Å². The smallest absolute Gasteiger partial charge is 0.223 e. The van der Waals surface area contributed by atoms with Crippen molar-refractivity contribution in [3.05, 3.63) is 70.1 Å². The van der Waals surface area contributed by atoms with E-state index in [0.29, 0.717) is 5.13 Å². The van der Waals surface area contributed by atoms with Gasteiger partial charge in [0.25, 0.3) is 0 Å². The Morgan fingerprint density at radius 2 is 1.89 bits per heavy atom. The maximum atomic E-state index is 9.70. The van der Waals surface area contributed by atoms with E-state index in [1.807, 2.05) is 17.1 Å². The Kier molecular flexibility index (Phi) is 4.58. The number of benzene rings is 2. The molecule has 1 N–H and O–H groups in total. The van der Waals surface area contributed by atoms with E-state index in [1.165, 1.54) is 22.5 Å². The number of thiazole rings is 1. The summed E-state index contributed by atoms with van der Waals surface area (Å²) in [7, 11) is 1.66. The van der Waals surface area contributed by atoms with Crippen molar-refractivity contribution in [3.63, 3.8) is 0 Å². The molecule has 1 aliphatic rings. The van der Waals surface area contributed by atoms with Gasteiger partial charge in [-0.2, -0.15) is 10.1 Å². The second-order valence-corrected chi connectivity index (χ2v) is 7.51. The average molecular weight is 379 g/mol. The van der Waals surface area contributed by atoms with Crippen LogP contribution in [0.25, 0.3) is 0 Å². The normalized spacial score (nSPS) is 16.5. The van der Waals surface area contributed by atoms with Crippen molar-refractivity contribution in [1.82, 2.24) is 4.98 Å². The minimum absolute atomic E-state index is 0.0260. The van der Waals surface area contributed by atoms with Gasteiger partial charge in [0.2, 0.25) is 11.0 Å². The molecule has 1 aliphatic heterocycles. The van der Waals surface area contributed by atoms with Gasteiger partial charge in [-0.25, -0.2) is 5.01 Å². The molecule has 4 rings (SSSR count). The number of ether oxygens (including phenoxy) is 1. The number of methoxy groups -OCH3 is 1. The van der Waals surface area contributed by atoms with Crippen LogP contribution in [0.5, 0.6) is 11.6 Å². The zero-order valence-electron chi connectivity index (χ0n) is 15.5. The molecule has 27 heavy (non-hydrogen) atoms. The van der Waals surface area contributed by atoms with E-state index >= 15 is 0 Å². The van der Waals surface area contributed by atoms with Gasteiger partial charge in [0.15, 0.2) is 0 Å². The molecule has 6 heteroatoms. The molecule has 2 heterocycles. The van der Waals surface area contributed by atoms with E-state index in [2.05, 4.69) is 49.2 Å². The molecule has 0 saturated carbocycles. The van der Waals surface area contributed by atoms with E-state index in [9.17, 15) is 5.11 Å². The predicted octanol–water partition coefficient (Wildman–Crippen LogP) is 4.83. The van der Waals surface area contributed by atoms with Crippen molar-refractivity contribution in [3.8, 4) is 11.6 Å². The van der Waals surface area contributed by atoms with Crippen LogP contribution in [0.3, 0.4) is 0 Å². The monoisotopic (exact) mass is 379 g/mol. The molecule has 0 aliphatic carbocycles. The Labute approximate surface area is 162 Å². The number of rotatable bonds is 4. The Morgan fingerprint density at radius 1 is 1.11 bits per heavy atom. The van der Waals surface area contributed by atoms with Gasteiger partial charge < -0.3 is 9.84 Å². The van der Waals surface area contributed by atoms with E-state index < -0.39 is 0 Å². The Bertz CT molecular complexity index is 995. The minimum Gasteiger partial charge on any atom is -0.497 e. The second-order valence-electron chi connectivity index (χ2n) is 6.67. The molecule has 0 spiro atoms. The maximum Gasteiger partial charge on any atom is 0.223 e. The third-order valence-electron chi connectivity index (χ3n) is 4.93. The van der Waals surface area contributed by atoms with Crippen LogP contribution in [0.4, 0.5) is 5.13 Å². The van der Waals surface area contributed by atoms with Gasteiger partial charge in [-0.05, 0) is 54.3 Å². The fraction of sp³-hybridized carbons (Fsp3) is 0.238. The largest absolute Gasteiger partial charge is 0.497 e. The van der Waals surface area contributed by atoms with Crippen LogP contribution in [0.1, 0.15) is 34.7 Å². The van der Waals surface area contributed by atoms with Crippen molar-refractivity contribution in [2.45, 2.75) is 26.3 Å². The zero-order valence-corrected chi connectivity index (χ0v) is 16.3. The first-order valence-corrected chi connectivity index (χ1v) is 9.66. The number of hydrogen-bond donors (Lipinski definition) is 1. The molecule has 1 unspecified atom stereocenters. The summed E-state index contributed by atoms with van der Waals surface area (Å²) in [6.45, 7) is 4.23. The van der Waals surface area contributed by atoms with Gasteiger partial charge in [-0.1, -0.05) is 35.6 Å². The second kappa shape index (κ2) is 7.04. The van der Waals surface area contributed by atoms with Crippen molar-refractivity contribution in [1.29, 1.82) is 0 Å². The molecule has 0 amide bonds. The highest BCUT2D eigenvalue weighted by Crippen LogP contribution is 2.39. The van der Waals surface area contributed by atoms with Gasteiger partial charge in [0, 0.05) is 6.42 Å². The molecule has 2 aromatic carbocycles. The number of nitrogens with zero attached hydrogens (tertiary/aromatic N) is 3. The highest BCUT2D eigenvalue weighted by molar-refractivity contribution is 7.13. The topological polar surface area (TPSA) is 58.0 Å². The average Bonchev–Trinajstić information content (AvgIpc) is 3.30. The molecule has 0 bridgehead atoms. The van der Waals surface area contributed by atoms with Gasteiger partial charge in [0.05, 0.1) is 24.2 Å². The summed E-state index contributed by atoms with van der Waals surface area (Å²) < 4.78 is 5.28. The number of aromatic hydroxyl groups is 1. The first-order valence-electron chi connectivity index (χ1n) is 8.78. The van der Waals surface area contributed by atoms with E-state index in [4.69, 9.17) is 9.84 Å². The summed E-state index contributed by atoms with van der Waals surface area (Å²) in [5.74, 6) is 0.851. The number of aromatic nitrogens is 1. The SMILES string of the molecule is COc1ccc(C2CC(c3ccc(C)c(C)c3)=NN2c2nc(O)cs2)cc1. The lowest BCUT2D eigenvalue weighted by Gasteiger charge is -2.21. The molecule has 0 fully saturated rings. The third kappa shape index (κ3) is 3.40. The van der Waals surface area contributed by atoms with E-state index in [-0.39, 0.29) is 11.9 Å². The van der Waals surface area contributed by atoms with Crippen molar-refractivity contribution in [2.24, 2.45) is 5.10 Å². The number of hydrazone groups is 1. The van der Waals surface area contributed by atoms with Gasteiger partial charge in [0.1, 0.15) is 5.75 Å². The number of aryl methyl sites for hydroxylation is 2. The fourth-order valence-corrected chi connectivity index (χ4v) is 3.92. The lowest BCUT2D eigenvalue weighted by Crippen LogP contribution is -2.18. The standard InChI is InChI=1S/C21H21N3O2S/c1-13-4-5-16(10-14(13)2)18-11-19(15-6-8-17(26-3)9-7-15)24(23-18)21-22-20(25)12-27-21/h4-10,12,19,25H,11H2,1-3H3. The zero-order chi connectivity index (χ0) is 19.0. The summed E-state index contributed by atoms with van der Waals surface area (Å²) >= 11 is 1.39. The molecule has 3 aromatic rings. The van der Waals surface area contributed by atoms with Crippen molar-refractivity contribution in [2.75, 3.05) is 12.1 Å². The van der Waals surface area contributed by atoms with Gasteiger partial charge in [-0.15, -0.1) is 0 Å². The molecule has 1 aromatic heterocycles. The van der Waals surface area contributed by atoms with Crippen LogP contribution in [0.2, 0.25) is 0 Å². The summed E-state index contributed by atoms with van der Waals surface area (Å²) in [5, 5.41) is 18.8. The van der Waals surface area contributed by atoms with Crippen molar-refractivity contribution >= 4 is 22.2 Å². The summed E-state index contributed by atoms with van der Waals surface area (Å²) in [5.41, 5.74) is 5.80. The predicted molar refractivity (Wildman–Crippen MR) is 109 cm³/mol. The summed E-state index contributed by atoms with van der Waals surface area (Å²) in [4.78, 5) is 4.23.